The Morgan fingerprint density at radius 1 is 1.03 bits per heavy atom. The van der Waals surface area contributed by atoms with Gasteiger partial charge in [0, 0.05) is 24.6 Å². The fourth-order valence-corrected chi connectivity index (χ4v) is 4.19. The lowest BCUT2D eigenvalue weighted by Gasteiger charge is -2.32. The molecule has 2 unspecified atom stereocenters. The molecule has 5 nitrogen and oxygen atoms in total. The van der Waals surface area contributed by atoms with Crippen LogP contribution >= 0.6 is 0 Å². The zero-order valence-electron chi connectivity index (χ0n) is 19.0. The number of aliphatic hydroxyl groups is 1. The second kappa shape index (κ2) is 10.8. The number of fused-ring (bicyclic) bond motifs is 1. The molecule has 0 fully saturated rings. The molecule has 1 heterocycles. The van der Waals surface area contributed by atoms with Crippen molar-refractivity contribution in [1.82, 2.24) is 4.90 Å². The van der Waals surface area contributed by atoms with Crippen LogP contribution in [0.3, 0.4) is 0 Å². The van der Waals surface area contributed by atoms with Crippen molar-refractivity contribution < 1.29 is 23.7 Å². The largest absolute Gasteiger partial charge is 0.497 e. The average molecular weight is 452 g/mol. The first kappa shape index (κ1) is 23.2. The van der Waals surface area contributed by atoms with Gasteiger partial charge < -0.3 is 19.3 Å². The first-order chi connectivity index (χ1) is 16.0. The number of ether oxygens (including phenoxy) is 3. The third kappa shape index (κ3) is 5.90. The van der Waals surface area contributed by atoms with Crippen molar-refractivity contribution in [2.75, 3.05) is 20.3 Å². The SMILES string of the molecule is COc1ccc(CC(O)N2CCOc3ccc(COCc4cccc(F)c4)cc3C2C)cc1. The van der Waals surface area contributed by atoms with E-state index in [9.17, 15) is 9.50 Å². The summed E-state index contributed by atoms with van der Waals surface area (Å²) in [7, 11) is 1.64. The van der Waals surface area contributed by atoms with E-state index in [0.29, 0.717) is 32.8 Å². The number of rotatable bonds is 8. The number of halogens is 1. The molecular formula is C27H30FNO4. The number of aliphatic hydroxyl groups excluding tert-OH is 1. The lowest BCUT2D eigenvalue weighted by molar-refractivity contribution is -0.0223. The summed E-state index contributed by atoms with van der Waals surface area (Å²) in [6.45, 7) is 3.96. The normalized spacial score (nSPS) is 17.0. The standard InChI is InChI=1S/C27H30FNO4/c1-19-25-15-22(18-32-17-21-4-3-5-23(28)14-21)8-11-26(25)33-13-12-29(19)27(30)16-20-6-9-24(31-2)10-7-20/h3-11,14-15,19,27,30H,12-13,16-18H2,1-2H3. The first-order valence-electron chi connectivity index (χ1n) is 11.2. The van der Waals surface area contributed by atoms with Gasteiger partial charge in [0.05, 0.1) is 20.3 Å². The van der Waals surface area contributed by atoms with Crippen LogP contribution in [0.1, 0.15) is 35.2 Å². The van der Waals surface area contributed by atoms with Gasteiger partial charge in [-0.25, -0.2) is 4.39 Å². The zero-order valence-corrected chi connectivity index (χ0v) is 19.0. The first-order valence-corrected chi connectivity index (χ1v) is 11.2. The molecule has 33 heavy (non-hydrogen) atoms. The van der Waals surface area contributed by atoms with Gasteiger partial charge >= 0.3 is 0 Å². The van der Waals surface area contributed by atoms with Crippen molar-refractivity contribution in [2.45, 2.75) is 38.8 Å². The highest BCUT2D eigenvalue weighted by atomic mass is 19.1. The maximum atomic E-state index is 13.4. The van der Waals surface area contributed by atoms with E-state index in [1.165, 1.54) is 12.1 Å². The molecule has 3 aromatic rings. The van der Waals surface area contributed by atoms with E-state index >= 15 is 0 Å². The quantitative estimate of drug-likeness (QED) is 0.530. The van der Waals surface area contributed by atoms with Crippen molar-refractivity contribution in [3.63, 3.8) is 0 Å². The number of hydrogen-bond donors (Lipinski definition) is 1. The van der Waals surface area contributed by atoms with Crippen LogP contribution in [0.2, 0.25) is 0 Å². The van der Waals surface area contributed by atoms with Gasteiger partial charge in [-0.1, -0.05) is 30.3 Å². The van der Waals surface area contributed by atoms with Crippen LogP contribution in [0.25, 0.3) is 0 Å². The lowest BCUT2D eigenvalue weighted by atomic mass is 10.0. The molecule has 3 aromatic carbocycles. The predicted molar refractivity (Wildman–Crippen MR) is 125 cm³/mol. The zero-order chi connectivity index (χ0) is 23.2. The summed E-state index contributed by atoms with van der Waals surface area (Å²) in [5.41, 5.74) is 3.87. The molecule has 0 radical (unpaired) electrons. The highest BCUT2D eigenvalue weighted by Gasteiger charge is 2.28. The van der Waals surface area contributed by atoms with Crippen molar-refractivity contribution in [3.8, 4) is 11.5 Å². The van der Waals surface area contributed by atoms with Gasteiger partial charge in [-0.2, -0.15) is 0 Å². The lowest BCUT2D eigenvalue weighted by Crippen LogP contribution is -2.40. The smallest absolute Gasteiger partial charge is 0.124 e. The average Bonchev–Trinajstić information content (AvgIpc) is 2.98. The third-order valence-electron chi connectivity index (χ3n) is 6.02. The summed E-state index contributed by atoms with van der Waals surface area (Å²) in [6.07, 6.45) is -0.129. The summed E-state index contributed by atoms with van der Waals surface area (Å²) in [5, 5.41) is 11.0. The summed E-state index contributed by atoms with van der Waals surface area (Å²) in [6, 6.07) is 20.2. The molecule has 6 heteroatoms. The molecule has 2 atom stereocenters. The molecular weight excluding hydrogens is 421 g/mol. The topological polar surface area (TPSA) is 51.2 Å². The van der Waals surface area contributed by atoms with Crippen LogP contribution in [0.5, 0.6) is 11.5 Å². The fourth-order valence-electron chi connectivity index (χ4n) is 4.19. The highest BCUT2D eigenvalue weighted by Crippen LogP contribution is 2.34. The second-order valence-corrected chi connectivity index (χ2v) is 8.29. The van der Waals surface area contributed by atoms with E-state index in [1.807, 2.05) is 42.5 Å². The van der Waals surface area contributed by atoms with E-state index in [0.717, 1.165) is 33.8 Å². The molecule has 174 valence electrons. The van der Waals surface area contributed by atoms with Gasteiger partial charge in [-0.3, -0.25) is 4.90 Å². The van der Waals surface area contributed by atoms with Crippen molar-refractivity contribution in [1.29, 1.82) is 0 Å². The number of benzene rings is 3. The van der Waals surface area contributed by atoms with E-state index in [-0.39, 0.29) is 11.9 Å². The van der Waals surface area contributed by atoms with Crippen molar-refractivity contribution in [2.24, 2.45) is 0 Å². The van der Waals surface area contributed by atoms with Gasteiger partial charge in [-0.15, -0.1) is 0 Å². The molecule has 4 rings (SSSR count). The molecule has 1 aliphatic heterocycles. The van der Waals surface area contributed by atoms with Gasteiger partial charge in [0.1, 0.15) is 30.2 Å². The van der Waals surface area contributed by atoms with Crippen molar-refractivity contribution in [3.05, 3.63) is 94.8 Å². The molecule has 0 saturated heterocycles. The Morgan fingerprint density at radius 2 is 1.76 bits per heavy atom. The van der Waals surface area contributed by atoms with Gasteiger partial charge in [0.25, 0.3) is 0 Å². The van der Waals surface area contributed by atoms with E-state index in [1.54, 1.807) is 13.2 Å². The van der Waals surface area contributed by atoms with E-state index < -0.39 is 6.23 Å². The third-order valence-corrected chi connectivity index (χ3v) is 6.02. The molecule has 0 saturated carbocycles. The van der Waals surface area contributed by atoms with Crippen LogP contribution < -0.4 is 9.47 Å². The molecule has 0 aliphatic carbocycles. The monoisotopic (exact) mass is 451 g/mol. The van der Waals surface area contributed by atoms with Crippen LogP contribution in [-0.4, -0.2) is 36.5 Å². The van der Waals surface area contributed by atoms with Crippen LogP contribution in [0.15, 0.2) is 66.7 Å². The Bertz CT molecular complexity index is 1060. The summed E-state index contributed by atoms with van der Waals surface area (Å²) in [4.78, 5) is 2.06. The summed E-state index contributed by atoms with van der Waals surface area (Å²) in [5.74, 6) is 1.36. The van der Waals surface area contributed by atoms with Crippen molar-refractivity contribution >= 4 is 0 Å². The Balaban J connectivity index is 1.42. The molecule has 1 aliphatic rings. The van der Waals surface area contributed by atoms with Crippen LogP contribution in [-0.2, 0) is 24.4 Å². The Hall–Kier alpha value is -2.93. The van der Waals surface area contributed by atoms with E-state index in [4.69, 9.17) is 14.2 Å². The van der Waals surface area contributed by atoms with E-state index in [2.05, 4.69) is 17.9 Å². The summed E-state index contributed by atoms with van der Waals surface area (Å²) >= 11 is 0. The molecule has 0 spiro atoms. The molecule has 0 bridgehead atoms. The number of hydrogen-bond acceptors (Lipinski definition) is 5. The van der Waals surface area contributed by atoms with Gasteiger partial charge in [0.15, 0.2) is 0 Å². The minimum Gasteiger partial charge on any atom is -0.497 e. The minimum absolute atomic E-state index is 0.0288. The maximum absolute atomic E-state index is 13.4. The number of nitrogens with zero attached hydrogens (tertiary/aromatic N) is 1. The van der Waals surface area contributed by atoms with Crippen LogP contribution in [0, 0.1) is 5.82 Å². The predicted octanol–water partition coefficient (Wildman–Crippen LogP) is 4.87. The highest BCUT2D eigenvalue weighted by molar-refractivity contribution is 5.40. The molecule has 0 amide bonds. The van der Waals surface area contributed by atoms with Crippen LogP contribution in [0.4, 0.5) is 4.39 Å². The summed E-state index contributed by atoms with van der Waals surface area (Å²) < 4.78 is 30.4. The molecule has 0 aromatic heterocycles. The Labute approximate surface area is 194 Å². The fraction of sp³-hybridized carbons (Fsp3) is 0.333. The maximum Gasteiger partial charge on any atom is 0.124 e. The Morgan fingerprint density at radius 3 is 2.48 bits per heavy atom. The Kier molecular flexibility index (Phi) is 7.60. The van der Waals surface area contributed by atoms with Gasteiger partial charge in [-0.05, 0) is 60.0 Å². The minimum atomic E-state index is -0.643. The second-order valence-electron chi connectivity index (χ2n) is 8.29. The number of methoxy groups -OCH3 is 1. The van der Waals surface area contributed by atoms with Gasteiger partial charge in [0.2, 0.25) is 0 Å². The molecule has 1 N–H and O–H groups in total.